The molecule has 18 heavy (non-hydrogen) atoms. The number of esters is 1. The van der Waals surface area contributed by atoms with Gasteiger partial charge in [0.1, 0.15) is 25.3 Å². The predicted molar refractivity (Wildman–Crippen MR) is 66.6 cm³/mol. The number of carbonyl (C=O) groups is 1. The van der Waals surface area contributed by atoms with Crippen molar-refractivity contribution in [3.8, 4) is 0 Å². The maximum absolute atomic E-state index is 11.6. The number of rotatable bonds is 3. The minimum atomic E-state index is -0.210. The van der Waals surface area contributed by atoms with E-state index in [1.54, 1.807) is 13.0 Å². The molecule has 2 fully saturated rings. The first-order valence-electron chi connectivity index (χ1n) is 6.62. The van der Waals surface area contributed by atoms with Gasteiger partial charge in [0.15, 0.2) is 6.73 Å². The molecule has 1 unspecified atom stereocenters. The number of allylic oxidation sites excluding steroid dienone is 1. The van der Waals surface area contributed by atoms with Gasteiger partial charge in [0.25, 0.3) is 0 Å². The molecular weight excluding hydrogens is 230 g/mol. The molecule has 3 aliphatic rings. The lowest BCUT2D eigenvalue weighted by atomic mass is 10.1. The van der Waals surface area contributed by atoms with Crippen LogP contribution in [0.2, 0.25) is 0 Å². The van der Waals surface area contributed by atoms with Crippen molar-refractivity contribution in [1.82, 2.24) is 0 Å². The third-order valence-electron chi connectivity index (χ3n) is 4.57. The normalized spacial score (nSPS) is 37.7. The van der Waals surface area contributed by atoms with Gasteiger partial charge in [-0.3, -0.25) is 4.48 Å². The second-order valence-electron chi connectivity index (χ2n) is 5.52. The molecule has 2 saturated heterocycles. The van der Waals surface area contributed by atoms with E-state index < -0.39 is 0 Å². The Morgan fingerprint density at radius 2 is 2.50 bits per heavy atom. The van der Waals surface area contributed by atoms with Crippen LogP contribution in [0.3, 0.4) is 0 Å². The van der Waals surface area contributed by atoms with Crippen LogP contribution in [0.5, 0.6) is 0 Å². The molecule has 98 valence electrons. The van der Waals surface area contributed by atoms with Crippen LogP contribution >= 0.6 is 0 Å². The molecule has 0 aromatic heterocycles. The number of hydrogen-bond acceptors (Lipinski definition) is 3. The molecule has 0 aromatic rings. The lowest BCUT2D eigenvalue weighted by Gasteiger charge is -2.29. The van der Waals surface area contributed by atoms with Gasteiger partial charge < -0.3 is 9.47 Å². The van der Waals surface area contributed by atoms with Crippen LogP contribution in [0.25, 0.3) is 0 Å². The molecule has 3 rings (SSSR count). The Kier molecular flexibility index (Phi) is 2.79. The third kappa shape index (κ3) is 1.63. The highest BCUT2D eigenvalue weighted by atomic mass is 16.5. The molecule has 4 heteroatoms. The zero-order chi connectivity index (χ0) is 12.8. The molecule has 2 bridgehead atoms. The Morgan fingerprint density at radius 3 is 3.17 bits per heavy atom. The maximum Gasteiger partial charge on any atom is 0.333 e. The van der Waals surface area contributed by atoms with Crippen molar-refractivity contribution in [3.63, 3.8) is 0 Å². The highest BCUT2D eigenvalue weighted by Crippen LogP contribution is 2.43. The van der Waals surface area contributed by atoms with Gasteiger partial charge in [0.05, 0.1) is 6.54 Å². The quantitative estimate of drug-likeness (QED) is 0.328. The van der Waals surface area contributed by atoms with E-state index in [1.165, 1.54) is 12.1 Å². The van der Waals surface area contributed by atoms with Crippen molar-refractivity contribution in [1.29, 1.82) is 0 Å². The minimum Gasteiger partial charge on any atom is -0.458 e. The topological polar surface area (TPSA) is 35.5 Å². The van der Waals surface area contributed by atoms with Crippen LogP contribution in [0.15, 0.2) is 23.3 Å². The summed E-state index contributed by atoms with van der Waals surface area (Å²) in [5.41, 5.74) is 1.93. The first kappa shape index (κ1) is 11.9. The molecule has 0 amide bonds. The molecule has 3 heterocycles. The van der Waals surface area contributed by atoms with E-state index in [2.05, 4.69) is 6.08 Å². The van der Waals surface area contributed by atoms with E-state index in [-0.39, 0.29) is 5.97 Å². The number of quaternary nitrogens is 1. The van der Waals surface area contributed by atoms with E-state index in [0.29, 0.717) is 24.3 Å². The van der Waals surface area contributed by atoms with Crippen molar-refractivity contribution in [3.05, 3.63) is 23.3 Å². The van der Waals surface area contributed by atoms with Crippen molar-refractivity contribution in [2.75, 3.05) is 26.4 Å². The summed E-state index contributed by atoms with van der Waals surface area (Å²) in [5, 5.41) is 0. The molecule has 0 radical (unpaired) electrons. The summed E-state index contributed by atoms with van der Waals surface area (Å²) >= 11 is 0. The Labute approximate surface area is 107 Å². The van der Waals surface area contributed by atoms with Gasteiger partial charge in [-0.2, -0.15) is 0 Å². The van der Waals surface area contributed by atoms with Crippen LogP contribution in [0.4, 0.5) is 0 Å². The zero-order valence-electron chi connectivity index (χ0n) is 11.0. The number of carbonyl (C=O) groups excluding carboxylic acids is 1. The van der Waals surface area contributed by atoms with Crippen LogP contribution in [-0.2, 0) is 14.3 Å². The fourth-order valence-electron chi connectivity index (χ4n) is 3.39. The molecule has 0 saturated carbocycles. The molecule has 0 aliphatic carbocycles. The summed E-state index contributed by atoms with van der Waals surface area (Å²) in [5.74, 6) is -0.210. The molecule has 4 nitrogen and oxygen atoms in total. The summed E-state index contributed by atoms with van der Waals surface area (Å²) in [4.78, 5) is 11.6. The first-order chi connectivity index (χ1) is 8.66. The fourth-order valence-corrected chi connectivity index (χ4v) is 3.39. The van der Waals surface area contributed by atoms with Crippen molar-refractivity contribution in [2.45, 2.75) is 32.4 Å². The molecule has 3 atom stereocenters. The molecule has 3 aliphatic heterocycles. The van der Waals surface area contributed by atoms with Crippen LogP contribution in [-0.4, -0.2) is 49.0 Å². The SMILES string of the molecule is C/C=C(/C)C(=O)OCC1=CC[N+]23CC[C@@H](OC2)[C@@H]13. The Morgan fingerprint density at radius 1 is 1.67 bits per heavy atom. The summed E-state index contributed by atoms with van der Waals surface area (Å²) in [7, 11) is 0. The number of nitrogens with zero attached hydrogens (tertiary/aromatic N) is 1. The largest absolute Gasteiger partial charge is 0.458 e. The van der Waals surface area contributed by atoms with Crippen LogP contribution in [0, 0.1) is 0 Å². The van der Waals surface area contributed by atoms with Gasteiger partial charge in [-0.05, 0) is 19.9 Å². The van der Waals surface area contributed by atoms with Gasteiger partial charge in [-0.15, -0.1) is 0 Å². The summed E-state index contributed by atoms with van der Waals surface area (Å²) in [6.45, 7) is 7.13. The molecule has 0 spiro atoms. The average molecular weight is 250 g/mol. The van der Waals surface area contributed by atoms with Gasteiger partial charge in [0.2, 0.25) is 0 Å². The number of hydrogen-bond donors (Lipinski definition) is 0. The second kappa shape index (κ2) is 4.21. The van der Waals surface area contributed by atoms with E-state index in [4.69, 9.17) is 9.47 Å². The first-order valence-corrected chi connectivity index (χ1v) is 6.62. The summed E-state index contributed by atoms with van der Waals surface area (Å²) in [6, 6.07) is 0.448. The fraction of sp³-hybridized carbons (Fsp3) is 0.643. The highest BCUT2D eigenvalue weighted by Gasteiger charge is 2.58. The van der Waals surface area contributed by atoms with Crippen molar-refractivity contribution in [2.24, 2.45) is 0 Å². The molecule has 0 aromatic carbocycles. The van der Waals surface area contributed by atoms with Gasteiger partial charge >= 0.3 is 5.97 Å². The Bertz CT molecular complexity index is 430. The van der Waals surface area contributed by atoms with E-state index in [0.717, 1.165) is 24.2 Å². The van der Waals surface area contributed by atoms with Crippen molar-refractivity contribution < 1.29 is 18.8 Å². The smallest absolute Gasteiger partial charge is 0.333 e. The van der Waals surface area contributed by atoms with E-state index >= 15 is 0 Å². The third-order valence-corrected chi connectivity index (χ3v) is 4.57. The van der Waals surface area contributed by atoms with Crippen molar-refractivity contribution >= 4 is 5.97 Å². The predicted octanol–water partition coefficient (Wildman–Crippen LogP) is 1.38. The zero-order valence-corrected chi connectivity index (χ0v) is 11.0. The van der Waals surface area contributed by atoms with E-state index in [9.17, 15) is 4.79 Å². The lowest BCUT2D eigenvalue weighted by Crippen LogP contribution is -2.47. The Hall–Kier alpha value is -1.13. The van der Waals surface area contributed by atoms with Gasteiger partial charge in [-0.25, -0.2) is 4.79 Å². The van der Waals surface area contributed by atoms with Crippen LogP contribution in [0.1, 0.15) is 20.3 Å². The summed E-state index contributed by atoms with van der Waals surface area (Å²) in [6.07, 6.45) is 5.52. The molecular formula is C14H20NO3+. The lowest BCUT2D eigenvalue weighted by molar-refractivity contribution is -0.926. The number of ether oxygens (including phenoxy) is 2. The second-order valence-corrected chi connectivity index (χ2v) is 5.52. The van der Waals surface area contributed by atoms with Crippen LogP contribution < -0.4 is 0 Å². The highest BCUT2D eigenvalue weighted by molar-refractivity contribution is 5.87. The average Bonchev–Trinajstić information content (AvgIpc) is 3.02. The minimum absolute atomic E-state index is 0.210. The maximum atomic E-state index is 11.6. The van der Waals surface area contributed by atoms with Gasteiger partial charge in [0, 0.05) is 17.6 Å². The van der Waals surface area contributed by atoms with Gasteiger partial charge in [-0.1, -0.05) is 6.08 Å². The standard InChI is InChI=1S/C14H20NO3/c1-3-10(2)14(16)17-8-11-4-6-15-7-5-12(13(11)15)18-9-15/h3-4,12-13H,5-9H2,1-2H3/q+1/b10-3-/t12-,13-,15?/m1/s1. The molecule has 0 N–H and O–H groups in total. The Balaban J connectivity index is 1.64. The monoisotopic (exact) mass is 250 g/mol. The van der Waals surface area contributed by atoms with E-state index in [1.807, 2.05) is 6.92 Å². The summed E-state index contributed by atoms with van der Waals surface area (Å²) < 4.78 is 12.2.